The molecule has 4 heteroatoms. The monoisotopic (exact) mass is 303 g/mol. The summed E-state index contributed by atoms with van der Waals surface area (Å²) < 4.78 is 0.736. The van der Waals surface area contributed by atoms with Crippen molar-refractivity contribution in [3.05, 3.63) is 33.3 Å². The van der Waals surface area contributed by atoms with Crippen molar-refractivity contribution in [2.24, 2.45) is 0 Å². The minimum Gasteiger partial charge on any atom is -0.339 e. The summed E-state index contributed by atoms with van der Waals surface area (Å²) in [7, 11) is 1.82. The molecule has 0 aliphatic heterocycles. The van der Waals surface area contributed by atoms with Crippen LogP contribution in [0.5, 0.6) is 0 Å². The number of carbonyl (C=O) groups excluding carboxylic acids is 1. The van der Waals surface area contributed by atoms with Gasteiger partial charge in [0.25, 0.3) is 5.91 Å². The van der Waals surface area contributed by atoms with E-state index in [2.05, 4.69) is 22.9 Å². The molecule has 0 fully saturated rings. The van der Waals surface area contributed by atoms with Crippen LogP contribution in [0.25, 0.3) is 0 Å². The third kappa shape index (κ3) is 2.98. The van der Waals surface area contributed by atoms with Gasteiger partial charge in [0.2, 0.25) is 0 Å². The Bertz CT molecular complexity index is 395. The second kappa shape index (κ2) is 5.69. The molecule has 2 nitrogen and oxygen atoms in total. The van der Waals surface area contributed by atoms with E-state index in [1.54, 1.807) is 23.1 Å². The lowest BCUT2D eigenvalue weighted by atomic mass is 10.1. The summed E-state index contributed by atoms with van der Waals surface area (Å²) in [5.74, 6) is 0.0119. The van der Waals surface area contributed by atoms with Crippen molar-refractivity contribution in [1.82, 2.24) is 4.90 Å². The SMILES string of the molecule is CCC(C)N(C)C(=O)c1ccc(Cl)cc1Br. The van der Waals surface area contributed by atoms with Crippen molar-refractivity contribution in [2.45, 2.75) is 26.3 Å². The lowest BCUT2D eigenvalue weighted by Gasteiger charge is -2.24. The molecule has 1 amide bonds. The van der Waals surface area contributed by atoms with Crippen molar-refractivity contribution in [3.63, 3.8) is 0 Å². The molecule has 0 saturated heterocycles. The molecule has 0 aliphatic rings. The van der Waals surface area contributed by atoms with Gasteiger partial charge in [0.1, 0.15) is 0 Å². The fourth-order valence-electron chi connectivity index (χ4n) is 1.33. The number of hydrogen-bond acceptors (Lipinski definition) is 1. The minimum atomic E-state index is 0.0119. The molecule has 1 aromatic rings. The van der Waals surface area contributed by atoms with Crippen molar-refractivity contribution in [2.75, 3.05) is 7.05 Å². The number of benzene rings is 1. The Morgan fingerprint density at radius 1 is 1.56 bits per heavy atom. The van der Waals surface area contributed by atoms with Crippen LogP contribution in [-0.4, -0.2) is 23.9 Å². The van der Waals surface area contributed by atoms with Crippen LogP contribution in [0.3, 0.4) is 0 Å². The molecular weight excluding hydrogens is 289 g/mol. The molecule has 16 heavy (non-hydrogen) atoms. The van der Waals surface area contributed by atoms with E-state index < -0.39 is 0 Å². The van der Waals surface area contributed by atoms with Crippen molar-refractivity contribution in [3.8, 4) is 0 Å². The molecule has 0 saturated carbocycles. The van der Waals surface area contributed by atoms with Gasteiger partial charge in [-0.3, -0.25) is 4.79 Å². The second-order valence-electron chi connectivity index (χ2n) is 3.80. The maximum absolute atomic E-state index is 12.1. The number of hydrogen-bond donors (Lipinski definition) is 0. The summed E-state index contributed by atoms with van der Waals surface area (Å²) in [4.78, 5) is 13.9. The highest BCUT2D eigenvalue weighted by molar-refractivity contribution is 9.10. The number of halogens is 2. The van der Waals surface area contributed by atoms with E-state index in [9.17, 15) is 4.79 Å². The zero-order chi connectivity index (χ0) is 12.3. The largest absolute Gasteiger partial charge is 0.339 e. The lowest BCUT2D eigenvalue weighted by molar-refractivity contribution is 0.0739. The summed E-state index contributed by atoms with van der Waals surface area (Å²) in [6.07, 6.45) is 0.938. The third-order valence-electron chi connectivity index (χ3n) is 2.73. The number of nitrogens with zero attached hydrogens (tertiary/aromatic N) is 1. The summed E-state index contributed by atoms with van der Waals surface area (Å²) in [5.41, 5.74) is 0.646. The molecule has 1 unspecified atom stereocenters. The van der Waals surface area contributed by atoms with E-state index in [1.165, 1.54) is 0 Å². The smallest absolute Gasteiger partial charge is 0.254 e. The molecule has 0 radical (unpaired) electrons. The molecule has 0 aliphatic carbocycles. The molecule has 88 valence electrons. The summed E-state index contributed by atoms with van der Waals surface area (Å²) in [6.45, 7) is 4.09. The minimum absolute atomic E-state index is 0.0119. The molecule has 0 heterocycles. The van der Waals surface area contributed by atoms with Gasteiger partial charge in [-0.25, -0.2) is 0 Å². The number of amides is 1. The third-order valence-corrected chi connectivity index (χ3v) is 3.63. The summed E-state index contributed by atoms with van der Waals surface area (Å²) in [5, 5.41) is 0.620. The zero-order valence-corrected chi connectivity index (χ0v) is 12.0. The fourth-order valence-corrected chi connectivity index (χ4v) is 2.18. The highest BCUT2D eigenvalue weighted by Gasteiger charge is 2.18. The van der Waals surface area contributed by atoms with Crippen LogP contribution < -0.4 is 0 Å². The van der Waals surface area contributed by atoms with Crippen molar-refractivity contribution in [1.29, 1.82) is 0 Å². The normalized spacial score (nSPS) is 12.3. The van der Waals surface area contributed by atoms with Crippen molar-refractivity contribution >= 4 is 33.4 Å². The van der Waals surface area contributed by atoms with Gasteiger partial charge >= 0.3 is 0 Å². The fraction of sp³-hybridized carbons (Fsp3) is 0.417. The van der Waals surface area contributed by atoms with Crippen LogP contribution in [0.2, 0.25) is 5.02 Å². The Morgan fingerprint density at radius 2 is 2.19 bits per heavy atom. The first-order chi connectivity index (χ1) is 7.47. The molecule has 1 aromatic carbocycles. The maximum Gasteiger partial charge on any atom is 0.254 e. The lowest BCUT2D eigenvalue weighted by Crippen LogP contribution is -2.34. The van der Waals surface area contributed by atoms with E-state index >= 15 is 0 Å². The molecule has 0 bridgehead atoms. The quantitative estimate of drug-likeness (QED) is 0.827. The van der Waals surface area contributed by atoms with Gasteiger partial charge in [-0.05, 0) is 47.5 Å². The van der Waals surface area contributed by atoms with Gasteiger partial charge < -0.3 is 4.90 Å². The Balaban J connectivity index is 2.96. The molecule has 0 N–H and O–H groups in total. The maximum atomic E-state index is 12.1. The van der Waals surface area contributed by atoms with Gasteiger partial charge in [0, 0.05) is 22.6 Å². The van der Waals surface area contributed by atoms with E-state index in [-0.39, 0.29) is 11.9 Å². The molecule has 1 rings (SSSR count). The Kier molecular flexibility index (Phi) is 4.81. The topological polar surface area (TPSA) is 20.3 Å². The first kappa shape index (κ1) is 13.5. The van der Waals surface area contributed by atoms with E-state index in [4.69, 9.17) is 11.6 Å². The summed E-state index contributed by atoms with van der Waals surface area (Å²) >= 11 is 9.19. The second-order valence-corrected chi connectivity index (χ2v) is 5.09. The number of rotatable bonds is 3. The van der Waals surface area contributed by atoms with Gasteiger partial charge in [0.05, 0.1) is 5.56 Å². The van der Waals surface area contributed by atoms with Crippen LogP contribution in [-0.2, 0) is 0 Å². The first-order valence-corrected chi connectivity index (χ1v) is 6.36. The molecule has 0 aromatic heterocycles. The van der Waals surface area contributed by atoms with Gasteiger partial charge in [-0.1, -0.05) is 18.5 Å². The Morgan fingerprint density at radius 3 is 2.69 bits per heavy atom. The molecular formula is C12H15BrClNO. The van der Waals surface area contributed by atoms with E-state index in [0.29, 0.717) is 10.6 Å². The van der Waals surface area contributed by atoms with Crippen LogP contribution in [0, 0.1) is 0 Å². The molecule has 1 atom stereocenters. The van der Waals surface area contributed by atoms with Gasteiger partial charge in [0.15, 0.2) is 0 Å². The first-order valence-electron chi connectivity index (χ1n) is 5.19. The zero-order valence-electron chi connectivity index (χ0n) is 9.63. The van der Waals surface area contributed by atoms with Crippen LogP contribution in [0.1, 0.15) is 30.6 Å². The average molecular weight is 305 g/mol. The highest BCUT2D eigenvalue weighted by Crippen LogP contribution is 2.23. The number of carbonyl (C=O) groups is 1. The standard InChI is InChI=1S/C12H15BrClNO/c1-4-8(2)15(3)12(16)10-6-5-9(14)7-11(10)13/h5-8H,4H2,1-3H3. The van der Waals surface area contributed by atoms with Crippen molar-refractivity contribution < 1.29 is 4.79 Å². The van der Waals surface area contributed by atoms with Crippen LogP contribution in [0.4, 0.5) is 0 Å². The summed E-state index contributed by atoms with van der Waals surface area (Å²) in [6, 6.07) is 5.44. The Labute approximate surface area is 110 Å². The van der Waals surface area contributed by atoms with E-state index in [1.807, 2.05) is 14.0 Å². The van der Waals surface area contributed by atoms with Gasteiger partial charge in [-0.15, -0.1) is 0 Å². The van der Waals surface area contributed by atoms with Gasteiger partial charge in [-0.2, -0.15) is 0 Å². The predicted molar refractivity (Wildman–Crippen MR) is 71.0 cm³/mol. The Hall–Kier alpha value is -0.540. The van der Waals surface area contributed by atoms with Crippen LogP contribution >= 0.6 is 27.5 Å². The average Bonchev–Trinajstić information content (AvgIpc) is 2.26. The van der Waals surface area contributed by atoms with E-state index in [0.717, 1.165) is 10.9 Å². The highest BCUT2D eigenvalue weighted by atomic mass is 79.9. The van der Waals surface area contributed by atoms with Crippen LogP contribution in [0.15, 0.2) is 22.7 Å². The molecule has 0 spiro atoms. The predicted octanol–water partition coefficient (Wildman–Crippen LogP) is 3.97.